The Morgan fingerprint density at radius 1 is 1.55 bits per heavy atom. The molecule has 1 atom stereocenters. The Kier molecular flexibility index (Phi) is 3.74. The van der Waals surface area contributed by atoms with Gasteiger partial charge in [0.1, 0.15) is 0 Å². The van der Waals surface area contributed by atoms with Crippen molar-refractivity contribution in [3.63, 3.8) is 0 Å². The van der Waals surface area contributed by atoms with Crippen LogP contribution < -0.4 is 11.0 Å². The molecule has 7 nitrogen and oxygen atoms in total. The van der Waals surface area contributed by atoms with Gasteiger partial charge in [0.05, 0.1) is 17.3 Å². The number of amides is 1. The predicted octanol–water partition coefficient (Wildman–Crippen LogP) is 1.10. The summed E-state index contributed by atoms with van der Waals surface area (Å²) in [6.07, 6.45) is 4.61. The first-order valence-electron chi connectivity index (χ1n) is 7.47. The zero-order chi connectivity index (χ0) is 15.7. The Morgan fingerprint density at radius 3 is 3.14 bits per heavy atom. The summed E-state index contributed by atoms with van der Waals surface area (Å²) in [4.78, 5) is 23.7. The van der Waals surface area contributed by atoms with E-state index in [0.29, 0.717) is 17.8 Å². The Hall–Kier alpha value is -2.15. The molecule has 0 bridgehead atoms. The van der Waals surface area contributed by atoms with Gasteiger partial charge in [-0.2, -0.15) is 5.10 Å². The normalized spacial score (nSPS) is 20.9. The number of aromatic nitrogens is 3. The summed E-state index contributed by atoms with van der Waals surface area (Å²) in [7, 11) is 0. The number of carbonyl (C=O) groups is 1. The molecule has 3 rings (SSSR count). The van der Waals surface area contributed by atoms with Crippen molar-refractivity contribution in [2.24, 2.45) is 0 Å². The fourth-order valence-corrected chi connectivity index (χ4v) is 2.82. The monoisotopic (exact) mass is 304 g/mol. The van der Waals surface area contributed by atoms with Crippen LogP contribution in [0.15, 0.2) is 23.1 Å². The molecule has 0 spiro atoms. The summed E-state index contributed by atoms with van der Waals surface area (Å²) in [5.74, 6) is -0.220. The first-order chi connectivity index (χ1) is 10.4. The van der Waals surface area contributed by atoms with Crippen LogP contribution >= 0.6 is 0 Å². The topological polar surface area (TPSA) is 88.5 Å². The van der Waals surface area contributed by atoms with Crippen LogP contribution in [-0.4, -0.2) is 38.8 Å². The van der Waals surface area contributed by atoms with E-state index >= 15 is 0 Å². The average Bonchev–Trinajstić information content (AvgIpc) is 2.85. The summed E-state index contributed by atoms with van der Waals surface area (Å²) < 4.78 is 7.27. The number of ether oxygens (including phenoxy) is 1. The fraction of sp³-hybridized carbons (Fsp3) is 0.533. The molecule has 0 aliphatic carbocycles. The molecule has 0 aromatic carbocycles. The molecule has 2 N–H and O–H groups in total. The maximum absolute atomic E-state index is 12.2. The van der Waals surface area contributed by atoms with Crippen LogP contribution in [0, 0.1) is 0 Å². The number of carbonyl (C=O) groups excluding carboxylic acids is 1. The van der Waals surface area contributed by atoms with E-state index < -0.39 is 0 Å². The van der Waals surface area contributed by atoms with Crippen molar-refractivity contribution in [3.05, 3.63) is 34.4 Å². The fourth-order valence-electron chi connectivity index (χ4n) is 2.82. The highest BCUT2D eigenvalue weighted by Gasteiger charge is 2.28. The van der Waals surface area contributed by atoms with Crippen molar-refractivity contribution in [1.29, 1.82) is 0 Å². The number of fused-ring (bicyclic) bond motifs is 1. The zero-order valence-electron chi connectivity index (χ0n) is 12.8. The number of hydrogen-bond acceptors (Lipinski definition) is 4. The van der Waals surface area contributed by atoms with Gasteiger partial charge < -0.3 is 10.1 Å². The Labute approximate surface area is 127 Å². The predicted molar refractivity (Wildman–Crippen MR) is 80.9 cm³/mol. The lowest BCUT2D eigenvalue weighted by atomic mass is 9.95. The third kappa shape index (κ3) is 3.04. The second-order valence-corrected chi connectivity index (χ2v) is 6.28. The van der Waals surface area contributed by atoms with E-state index in [2.05, 4.69) is 29.4 Å². The smallest absolute Gasteiger partial charge is 0.347 e. The second-order valence-electron chi connectivity index (χ2n) is 6.28. The molecule has 1 amide bonds. The first kappa shape index (κ1) is 14.8. The van der Waals surface area contributed by atoms with Crippen molar-refractivity contribution in [2.45, 2.75) is 44.8 Å². The molecule has 1 saturated heterocycles. The number of nitrogens with one attached hydrogen (secondary N) is 2. The van der Waals surface area contributed by atoms with Gasteiger partial charge in [-0.1, -0.05) is 0 Å². The van der Waals surface area contributed by atoms with Gasteiger partial charge in [-0.05, 0) is 45.2 Å². The Bertz CT molecular complexity index is 747. The number of nitrogens with zero attached hydrogens (tertiary/aromatic N) is 2. The SMILES string of the molecule is CC1(C)CCCC(CNC(=O)c2ccc3n[nH]c(=O)n3c2)O1. The van der Waals surface area contributed by atoms with E-state index in [1.54, 1.807) is 12.1 Å². The lowest BCUT2D eigenvalue weighted by molar-refractivity contribution is -0.104. The first-order valence-corrected chi connectivity index (χ1v) is 7.47. The van der Waals surface area contributed by atoms with Crippen molar-refractivity contribution in [3.8, 4) is 0 Å². The van der Waals surface area contributed by atoms with Gasteiger partial charge >= 0.3 is 5.69 Å². The molecule has 1 fully saturated rings. The standard InChI is InChI=1S/C15H20N4O3/c1-15(2)7-3-4-11(22-15)8-16-13(20)10-5-6-12-17-18-14(21)19(12)9-10/h5-6,9,11H,3-4,7-8H2,1-2H3,(H,16,20)(H,18,21). The van der Waals surface area contributed by atoms with Crippen LogP contribution in [0.4, 0.5) is 0 Å². The minimum absolute atomic E-state index is 0.0353. The van der Waals surface area contributed by atoms with Gasteiger partial charge in [0.15, 0.2) is 5.65 Å². The number of H-pyrrole nitrogens is 1. The second kappa shape index (κ2) is 5.57. The van der Waals surface area contributed by atoms with Gasteiger partial charge in [-0.15, -0.1) is 0 Å². The molecule has 1 aliphatic rings. The molecule has 0 radical (unpaired) electrons. The highest BCUT2D eigenvalue weighted by molar-refractivity contribution is 5.94. The van der Waals surface area contributed by atoms with Crippen LogP contribution in [-0.2, 0) is 4.74 Å². The Morgan fingerprint density at radius 2 is 2.36 bits per heavy atom. The molecule has 0 saturated carbocycles. The molecule has 118 valence electrons. The molecule has 3 heterocycles. The molecule has 2 aromatic rings. The summed E-state index contributed by atoms with van der Waals surface area (Å²) in [5, 5.41) is 9.04. The van der Waals surface area contributed by atoms with Crippen LogP contribution in [0.1, 0.15) is 43.5 Å². The molecule has 22 heavy (non-hydrogen) atoms. The van der Waals surface area contributed by atoms with Crippen LogP contribution in [0.2, 0.25) is 0 Å². The number of aromatic amines is 1. The van der Waals surface area contributed by atoms with Gasteiger partial charge in [-0.3, -0.25) is 4.79 Å². The van der Waals surface area contributed by atoms with E-state index in [9.17, 15) is 9.59 Å². The lowest BCUT2D eigenvalue weighted by Crippen LogP contribution is -2.42. The van der Waals surface area contributed by atoms with Crippen LogP contribution in [0.5, 0.6) is 0 Å². The van der Waals surface area contributed by atoms with E-state index in [1.807, 2.05) is 0 Å². The van der Waals surface area contributed by atoms with Crippen molar-refractivity contribution >= 4 is 11.6 Å². The minimum atomic E-state index is -0.359. The third-order valence-electron chi connectivity index (χ3n) is 3.95. The summed E-state index contributed by atoms with van der Waals surface area (Å²) in [6.45, 7) is 4.61. The maximum atomic E-state index is 12.2. The van der Waals surface area contributed by atoms with Gasteiger partial charge in [0.2, 0.25) is 0 Å². The van der Waals surface area contributed by atoms with E-state index in [1.165, 1.54) is 10.6 Å². The van der Waals surface area contributed by atoms with Crippen LogP contribution in [0.25, 0.3) is 5.65 Å². The number of hydrogen-bond donors (Lipinski definition) is 2. The summed E-state index contributed by atoms with van der Waals surface area (Å²) in [6, 6.07) is 3.28. The molecular formula is C15H20N4O3. The lowest BCUT2D eigenvalue weighted by Gasteiger charge is -2.36. The van der Waals surface area contributed by atoms with E-state index in [4.69, 9.17) is 4.74 Å². The maximum Gasteiger partial charge on any atom is 0.347 e. The minimum Gasteiger partial charge on any atom is -0.371 e. The Balaban J connectivity index is 1.66. The van der Waals surface area contributed by atoms with Crippen molar-refractivity contribution in [1.82, 2.24) is 19.9 Å². The van der Waals surface area contributed by atoms with Crippen molar-refractivity contribution in [2.75, 3.05) is 6.54 Å². The van der Waals surface area contributed by atoms with Gasteiger partial charge in [-0.25, -0.2) is 14.3 Å². The summed E-state index contributed by atoms with van der Waals surface area (Å²) in [5.41, 5.74) is 0.420. The van der Waals surface area contributed by atoms with Crippen LogP contribution in [0.3, 0.4) is 0 Å². The van der Waals surface area contributed by atoms with Gasteiger partial charge in [0, 0.05) is 12.7 Å². The quantitative estimate of drug-likeness (QED) is 0.888. The molecule has 1 aliphatic heterocycles. The molecule has 2 aromatic heterocycles. The largest absolute Gasteiger partial charge is 0.371 e. The highest BCUT2D eigenvalue weighted by atomic mass is 16.5. The average molecular weight is 304 g/mol. The zero-order valence-corrected chi connectivity index (χ0v) is 12.8. The molecule has 1 unspecified atom stereocenters. The number of rotatable bonds is 3. The van der Waals surface area contributed by atoms with E-state index in [-0.39, 0.29) is 23.3 Å². The summed E-state index contributed by atoms with van der Waals surface area (Å²) >= 11 is 0. The molecule has 7 heteroatoms. The highest BCUT2D eigenvalue weighted by Crippen LogP contribution is 2.27. The van der Waals surface area contributed by atoms with E-state index in [0.717, 1.165) is 19.3 Å². The van der Waals surface area contributed by atoms with Gasteiger partial charge in [0.25, 0.3) is 5.91 Å². The molecular weight excluding hydrogens is 284 g/mol. The third-order valence-corrected chi connectivity index (χ3v) is 3.95. The van der Waals surface area contributed by atoms with Crippen molar-refractivity contribution < 1.29 is 9.53 Å². The number of pyridine rings is 1.